The van der Waals surface area contributed by atoms with Crippen LogP contribution >= 0.6 is 0 Å². The molecule has 7 nitrogen and oxygen atoms in total. The van der Waals surface area contributed by atoms with Crippen LogP contribution in [-0.4, -0.2) is 61.1 Å². The number of ether oxygens (including phenoxy) is 3. The van der Waals surface area contributed by atoms with Crippen molar-refractivity contribution in [1.82, 2.24) is 10.2 Å². The highest BCUT2D eigenvalue weighted by molar-refractivity contribution is 5.70. The lowest BCUT2D eigenvalue weighted by Gasteiger charge is -2.35. The molecule has 0 saturated carbocycles. The van der Waals surface area contributed by atoms with E-state index in [0.717, 1.165) is 0 Å². The van der Waals surface area contributed by atoms with E-state index in [1.165, 1.54) is 0 Å². The summed E-state index contributed by atoms with van der Waals surface area (Å²) in [5, 5.41) is 2.67. The highest BCUT2D eigenvalue weighted by Crippen LogP contribution is 2.16. The van der Waals surface area contributed by atoms with Crippen LogP contribution < -0.4 is 5.32 Å². The van der Waals surface area contributed by atoms with Crippen molar-refractivity contribution < 1.29 is 23.8 Å². The van der Waals surface area contributed by atoms with Crippen LogP contribution in [0, 0.1) is 0 Å². The average Bonchev–Trinajstić information content (AvgIpc) is 2.74. The standard InChI is InChI=1S/C12H20N2O5/c1-12(2,3)19-11(16)14-4-5-17-9(6-14)8-7-18-10(15)13-8/h8-9H,4-7H2,1-3H3,(H,13,15). The van der Waals surface area contributed by atoms with Crippen LogP contribution in [-0.2, 0) is 14.2 Å². The lowest BCUT2D eigenvalue weighted by molar-refractivity contribution is -0.0533. The summed E-state index contributed by atoms with van der Waals surface area (Å²) in [6, 6.07) is -0.210. The minimum absolute atomic E-state index is 0.210. The van der Waals surface area contributed by atoms with E-state index in [-0.39, 0.29) is 24.8 Å². The number of cyclic esters (lactones) is 1. The Balaban J connectivity index is 1.90. The van der Waals surface area contributed by atoms with E-state index >= 15 is 0 Å². The lowest BCUT2D eigenvalue weighted by atomic mass is 10.1. The van der Waals surface area contributed by atoms with Gasteiger partial charge in [0.15, 0.2) is 0 Å². The molecule has 0 aromatic carbocycles. The first-order chi connectivity index (χ1) is 8.85. The maximum absolute atomic E-state index is 12.0. The number of nitrogens with zero attached hydrogens (tertiary/aromatic N) is 1. The van der Waals surface area contributed by atoms with Crippen molar-refractivity contribution in [3.8, 4) is 0 Å². The molecule has 19 heavy (non-hydrogen) atoms. The molecule has 0 bridgehead atoms. The van der Waals surface area contributed by atoms with Crippen LogP contribution in [0.3, 0.4) is 0 Å². The average molecular weight is 272 g/mol. The summed E-state index contributed by atoms with van der Waals surface area (Å²) in [5.74, 6) is 0. The molecule has 2 unspecified atom stereocenters. The number of amides is 2. The van der Waals surface area contributed by atoms with Crippen molar-refractivity contribution in [2.24, 2.45) is 0 Å². The molecule has 2 fully saturated rings. The van der Waals surface area contributed by atoms with E-state index in [1.807, 2.05) is 20.8 Å². The van der Waals surface area contributed by atoms with Crippen LogP contribution in [0.4, 0.5) is 9.59 Å². The number of hydrogen-bond donors (Lipinski definition) is 1. The molecule has 2 aliphatic rings. The number of hydrogen-bond acceptors (Lipinski definition) is 5. The summed E-state index contributed by atoms with van der Waals surface area (Å²) in [5.41, 5.74) is -0.518. The first-order valence-electron chi connectivity index (χ1n) is 6.38. The molecule has 0 aliphatic carbocycles. The zero-order valence-electron chi connectivity index (χ0n) is 11.5. The number of rotatable bonds is 1. The zero-order chi connectivity index (χ0) is 14.0. The largest absolute Gasteiger partial charge is 0.447 e. The van der Waals surface area contributed by atoms with Gasteiger partial charge in [-0.3, -0.25) is 0 Å². The maximum atomic E-state index is 12.0. The van der Waals surface area contributed by atoms with Crippen molar-refractivity contribution in [2.45, 2.75) is 38.5 Å². The van der Waals surface area contributed by atoms with Crippen LogP contribution in [0.5, 0.6) is 0 Å². The van der Waals surface area contributed by atoms with Crippen LogP contribution in [0.25, 0.3) is 0 Å². The summed E-state index contributed by atoms with van der Waals surface area (Å²) >= 11 is 0. The molecule has 1 N–H and O–H groups in total. The van der Waals surface area contributed by atoms with Crippen molar-refractivity contribution in [1.29, 1.82) is 0 Å². The molecule has 2 saturated heterocycles. The molecule has 108 valence electrons. The quantitative estimate of drug-likeness (QED) is 0.761. The predicted octanol–water partition coefficient (Wildman–Crippen LogP) is 0.731. The highest BCUT2D eigenvalue weighted by Gasteiger charge is 2.36. The first-order valence-corrected chi connectivity index (χ1v) is 6.38. The summed E-state index contributed by atoms with van der Waals surface area (Å²) in [7, 11) is 0. The third-order valence-electron chi connectivity index (χ3n) is 2.89. The molecule has 2 amide bonds. The van der Waals surface area contributed by atoms with Crippen molar-refractivity contribution in [2.75, 3.05) is 26.3 Å². The molecule has 2 heterocycles. The van der Waals surface area contributed by atoms with Crippen LogP contribution in [0.15, 0.2) is 0 Å². The Morgan fingerprint density at radius 1 is 1.47 bits per heavy atom. The maximum Gasteiger partial charge on any atom is 0.410 e. The Labute approximate surface area is 112 Å². The fraction of sp³-hybridized carbons (Fsp3) is 0.833. The Bertz CT molecular complexity index is 366. The van der Waals surface area contributed by atoms with Gasteiger partial charge < -0.3 is 24.4 Å². The second kappa shape index (κ2) is 5.24. The van der Waals surface area contributed by atoms with Gasteiger partial charge in [-0.15, -0.1) is 0 Å². The first kappa shape index (κ1) is 13.9. The number of morpholine rings is 1. The van der Waals surface area contributed by atoms with E-state index in [4.69, 9.17) is 14.2 Å². The van der Waals surface area contributed by atoms with Gasteiger partial charge >= 0.3 is 12.2 Å². The smallest absolute Gasteiger partial charge is 0.410 e. The van der Waals surface area contributed by atoms with Gasteiger partial charge in [0.2, 0.25) is 0 Å². The highest BCUT2D eigenvalue weighted by atomic mass is 16.6. The van der Waals surface area contributed by atoms with Gasteiger partial charge in [0.1, 0.15) is 12.2 Å². The van der Waals surface area contributed by atoms with Gasteiger partial charge in [-0.1, -0.05) is 0 Å². The molecule has 7 heteroatoms. The molecule has 0 aromatic heterocycles. The minimum atomic E-state index is -0.518. The van der Waals surface area contributed by atoms with Gasteiger partial charge in [-0.25, -0.2) is 9.59 Å². The SMILES string of the molecule is CC(C)(C)OC(=O)N1CCOC(C2COC(=O)N2)C1. The third-order valence-corrected chi connectivity index (χ3v) is 2.89. The Morgan fingerprint density at radius 2 is 2.21 bits per heavy atom. The second-order valence-electron chi connectivity index (χ2n) is 5.68. The monoisotopic (exact) mass is 272 g/mol. The number of carbonyl (C=O) groups excluding carboxylic acids is 2. The molecular formula is C12H20N2O5. The summed E-state index contributed by atoms with van der Waals surface area (Å²) in [6.45, 7) is 7.06. The fourth-order valence-electron chi connectivity index (χ4n) is 2.01. The van der Waals surface area contributed by atoms with Gasteiger partial charge in [0.25, 0.3) is 0 Å². The zero-order valence-corrected chi connectivity index (χ0v) is 11.5. The van der Waals surface area contributed by atoms with Crippen molar-refractivity contribution in [3.05, 3.63) is 0 Å². The van der Waals surface area contributed by atoms with E-state index in [2.05, 4.69) is 5.32 Å². The minimum Gasteiger partial charge on any atom is -0.447 e. The van der Waals surface area contributed by atoms with Crippen LogP contribution in [0.1, 0.15) is 20.8 Å². The third kappa shape index (κ3) is 3.73. The van der Waals surface area contributed by atoms with Gasteiger partial charge in [-0.05, 0) is 20.8 Å². The molecule has 0 aromatic rings. The fourth-order valence-corrected chi connectivity index (χ4v) is 2.01. The second-order valence-corrected chi connectivity index (χ2v) is 5.68. The summed E-state index contributed by atoms with van der Waals surface area (Å²) in [4.78, 5) is 24.6. The summed E-state index contributed by atoms with van der Waals surface area (Å²) in [6.07, 6.45) is -1.05. The number of carbonyl (C=O) groups is 2. The topological polar surface area (TPSA) is 77.1 Å². The Hall–Kier alpha value is -1.50. The molecular weight excluding hydrogens is 252 g/mol. The van der Waals surface area contributed by atoms with E-state index in [0.29, 0.717) is 19.7 Å². The number of nitrogens with one attached hydrogen (secondary N) is 1. The van der Waals surface area contributed by atoms with Crippen molar-refractivity contribution >= 4 is 12.2 Å². The van der Waals surface area contributed by atoms with E-state index in [1.54, 1.807) is 4.90 Å². The normalized spacial score (nSPS) is 27.7. The molecule has 0 spiro atoms. The summed E-state index contributed by atoms with van der Waals surface area (Å²) < 4.78 is 15.7. The lowest BCUT2D eigenvalue weighted by Crippen LogP contribution is -2.54. The van der Waals surface area contributed by atoms with Gasteiger partial charge in [0.05, 0.1) is 25.3 Å². The predicted molar refractivity (Wildman–Crippen MR) is 65.8 cm³/mol. The Kier molecular flexibility index (Phi) is 3.84. The van der Waals surface area contributed by atoms with E-state index in [9.17, 15) is 9.59 Å². The molecule has 0 radical (unpaired) electrons. The van der Waals surface area contributed by atoms with Gasteiger partial charge in [0, 0.05) is 6.54 Å². The molecule has 2 atom stereocenters. The molecule has 2 aliphatic heterocycles. The van der Waals surface area contributed by atoms with Gasteiger partial charge in [-0.2, -0.15) is 0 Å². The van der Waals surface area contributed by atoms with Crippen LogP contribution in [0.2, 0.25) is 0 Å². The molecule has 2 rings (SSSR count). The Morgan fingerprint density at radius 3 is 2.79 bits per heavy atom. The van der Waals surface area contributed by atoms with Crippen molar-refractivity contribution in [3.63, 3.8) is 0 Å². The van der Waals surface area contributed by atoms with E-state index < -0.39 is 11.7 Å². The number of alkyl carbamates (subject to hydrolysis) is 1.